The first-order chi connectivity index (χ1) is 10.2. The van der Waals surface area contributed by atoms with Crippen molar-refractivity contribution in [3.63, 3.8) is 0 Å². The van der Waals surface area contributed by atoms with Crippen molar-refractivity contribution in [1.29, 1.82) is 0 Å². The lowest BCUT2D eigenvalue weighted by Gasteiger charge is -2.19. The van der Waals surface area contributed by atoms with Crippen LogP contribution >= 0.6 is 11.3 Å². The van der Waals surface area contributed by atoms with Gasteiger partial charge in [-0.1, -0.05) is 11.3 Å². The van der Waals surface area contributed by atoms with Crippen molar-refractivity contribution in [1.82, 2.24) is 9.88 Å². The van der Waals surface area contributed by atoms with Crippen molar-refractivity contribution in [2.45, 2.75) is 13.5 Å². The average molecular weight is 301 g/mol. The van der Waals surface area contributed by atoms with Crippen LogP contribution in [0.15, 0.2) is 41.0 Å². The number of nitrogen functional groups attached to an aromatic ring is 1. The molecule has 3 aromatic rings. The molecule has 2 heterocycles. The Morgan fingerprint density at radius 1 is 1.43 bits per heavy atom. The molecule has 3 rings (SSSR count). The lowest BCUT2D eigenvalue weighted by Crippen LogP contribution is -2.30. The maximum atomic E-state index is 12.6. The number of thiazole rings is 1. The zero-order chi connectivity index (χ0) is 14.8. The van der Waals surface area contributed by atoms with Crippen molar-refractivity contribution in [2.24, 2.45) is 0 Å². The van der Waals surface area contributed by atoms with Crippen molar-refractivity contribution in [3.05, 3.63) is 47.9 Å². The van der Waals surface area contributed by atoms with E-state index in [1.807, 2.05) is 31.2 Å². The summed E-state index contributed by atoms with van der Waals surface area (Å²) in [4.78, 5) is 18.5. The molecule has 0 saturated carbocycles. The fourth-order valence-electron chi connectivity index (χ4n) is 2.18. The predicted octanol–water partition coefficient (Wildman–Crippen LogP) is 3.13. The number of benzene rings is 1. The number of aromatic nitrogens is 1. The lowest BCUT2D eigenvalue weighted by atomic mass is 10.2. The van der Waals surface area contributed by atoms with Gasteiger partial charge in [0, 0.05) is 12.1 Å². The first-order valence-corrected chi connectivity index (χ1v) is 7.46. The zero-order valence-corrected chi connectivity index (χ0v) is 12.4. The molecular weight excluding hydrogens is 286 g/mol. The molecule has 0 atom stereocenters. The second-order valence-electron chi connectivity index (χ2n) is 4.63. The standard InChI is InChI=1S/C15H15N3O2S/c1-2-18(9-11-4-3-7-20-11)14(19)10-5-6-12-13(8-10)21-15(16)17-12/h3-8H,2,9H2,1H3,(H2,16,17). The van der Waals surface area contributed by atoms with Crippen LogP contribution in [0.5, 0.6) is 0 Å². The maximum absolute atomic E-state index is 12.6. The van der Waals surface area contributed by atoms with Gasteiger partial charge in [-0.05, 0) is 37.3 Å². The van der Waals surface area contributed by atoms with Crippen LogP contribution in [0.1, 0.15) is 23.0 Å². The SMILES string of the molecule is CCN(Cc1ccco1)C(=O)c1ccc2nc(N)sc2c1. The van der Waals surface area contributed by atoms with Gasteiger partial charge >= 0.3 is 0 Å². The summed E-state index contributed by atoms with van der Waals surface area (Å²) in [6, 6.07) is 9.14. The van der Waals surface area contributed by atoms with Crippen LogP contribution in [0, 0.1) is 0 Å². The van der Waals surface area contributed by atoms with Crippen LogP contribution in [0.3, 0.4) is 0 Å². The number of rotatable bonds is 4. The van der Waals surface area contributed by atoms with E-state index in [0.717, 1.165) is 16.0 Å². The molecule has 2 aromatic heterocycles. The molecule has 2 N–H and O–H groups in total. The van der Waals surface area contributed by atoms with Gasteiger partial charge in [0.25, 0.3) is 5.91 Å². The van der Waals surface area contributed by atoms with Crippen LogP contribution in [0.2, 0.25) is 0 Å². The number of carbonyl (C=O) groups is 1. The third-order valence-electron chi connectivity index (χ3n) is 3.25. The molecule has 0 aliphatic rings. The molecule has 1 aromatic carbocycles. The summed E-state index contributed by atoms with van der Waals surface area (Å²) in [5.41, 5.74) is 7.15. The van der Waals surface area contributed by atoms with Gasteiger partial charge in [0.05, 0.1) is 23.0 Å². The molecule has 0 saturated heterocycles. The van der Waals surface area contributed by atoms with Crippen molar-refractivity contribution < 1.29 is 9.21 Å². The van der Waals surface area contributed by atoms with Gasteiger partial charge in [-0.3, -0.25) is 4.79 Å². The van der Waals surface area contributed by atoms with E-state index in [0.29, 0.717) is 23.8 Å². The Labute approximate surface area is 126 Å². The Morgan fingerprint density at radius 3 is 3.00 bits per heavy atom. The maximum Gasteiger partial charge on any atom is 0.254 e. The Morgan fingerprint density at radius 2 is 2.29 bits per heavy atom. The summed E-state index contributed by atoms with van der Waals surface area (Å²) in [5, 5.41) is 0.512. The largest absolute Gasteiger partial charge is 0.467 e. The number of anilines is 1. The Hall–Kier alpha value is -2.34. The first kappa shape index (κ1) is 13.6. The molecule has 0 spiro atoms. The summed E-state index contributed by atoms with van der Waals surface area (Å²) in [6.07, 6.45) is 1.61. The van der Waals surface area contributed by atoms with E-state index in [1.54, 1.807) is 17.2 Å². The van der Waals surface area contributed by atoms with Crippen molar-refractivity contribution in [3.8, 4) is 0 Å². The topological polar surface area (TPSA) is 72.4 Å². The summed E-state index contributed by atoms with van der Waals surface area (Å²) in [7, 11) is 0. The molecule has 6 heteroatoms. The van der Waals surface area contributed by atoms with Gasteiger partial charge in [-0.2, -0.15) is 0 Å². The zero-order valence-electron chi connectivity index (χ0n) is 11.6. The van der Waals surface area contributed by atoms with Crippen LogP contribution in [-0.4, -0.2) is 22.3 Å². The van der Waals surface area contributed by atoms with E-state index in [9.17, 15) is 4.79 Å². The molecule has 0 bridgehead atoms. The Balaban J connectivity index is 1.86. The fourth-order valence-corrected chi connectivity index (χ4v) is 2.95. The molecular formula is C15H15N3O2S. The van der Waals surface area contributed by atoms with E-state index in [-0.39, 0.29) is 5.91 Å². The number of fused-ring (bicyclic) bond motifs is 1. The number of nitrogens with two attached hydrogens (primary N) is 1. The van der Waals surface area contributed by atoms with Crippen LogP contribution in [-0.2, 0) is 6.54 Å². The fraction of sp³-hybridized carbons (Fsp3) is 0.200. The summed E-state index contributed by atoms with van der Waals surface area (Å²) in [5.74, 6) is 0.746. The Bertz CT molecular complexity index is 764. The molecule has 0 unspecified atom stereocenters. The minimum Gasteiger partial charge on any atom is -0.467 e. The molecule has 0 aliphatic heterocycles. The Kier molecular flexibility index (Phi) is 3.62. The van der Waals surface area contributed by atoms with Crippen LogP contribution in [0.4, 0.5) is 5.13 Å². The quantitative estimate of drug-likeness (QED) is 0.803. The summed E-state index contributed by atoms with van der Waals surface area (Å²) in [6.45, 7) is 3.03. The highest BCUT2D eigenvalue weighted by Crippen LogP contribution is 2.25. The minimum absolute atomic E-state index is 0.0252. The lowest BCUT2D eigenvalue weighted by molar-refractivity contribution is 0.0741. The smallest absolute Gasteiger partial charge is 0.254 e. The molecule has 108 valence electrons. The number of amides is 1. The van der Waals surface area contributed by atoms with Gasteiger partial charge in [0.1, 0.15) is 5.76 Å². The number of furan rings is 1. The number of carbonyl (C=O) groups excluding carboxylic acids is 1. The number of hydrogen-bond donors (Lipinski definition) is 1. The first-order valence-electron chi connectivity index (χ1n) is 6.65. The van der Waals surface area contributed by atoms with E-state index >= 15 is 0 Å². The third kappa shape index (κ3) is 2.75. The highest BCUT2D eigenvalue weighted by molar-refractivity contribution is 7.22. The number of nitrogens with zero attached hydrogens (tertiary/aromatic N) is 2. The molecule has 5 nitrogen and oxygen atoms in total. The summed E-state index contributed by atoms with van der Waals surface area (Å²) >= 11 is 1.39. The summed E-state index contributed by atoms with van der Waals surface area (Å²) < 4.78 is 6.23. The second-order valence-corrected chi connectivity index (χ2v) is 5.70. The normalized spacial score (nSPS) is 10.9. The molecule has 0 fully saturated rings. The van der Waals surface area contributed by atoms with E-state index in [1.165, 1.54) is 11.3 Å². The minimum atomic E-state index is -0.0252. The second kappa shape index (κ2) is 5.57. The van der Waals surface area contributed by atoms with Gasteiger partial charge in [-0.15, -0.1) is 0 Å². The van der Waals surface area contributed by atoms with Crippen molar-refractivity contribution >= 4 is 32.6 Å². The van der Waals surface area contributed by atoms with Crippen molar-refractivity contribution in [2.75, 3.05) is 12.3 Å². The van der Waals surface area contributed by atoms with Gasteiger partial charge in [0.15, 0.2) is 5.13 Å². The van der Waals surface area contributed by atoms with Gasteiger partial charge in [-0.25, -0.2) is 4.98 Å². The van der Waals surface area contributed by atoms with Crippen LogP contribution < -0.4 is 5.73 Å². The highest BCUT2D eigenvalue weighted by Gasteiger charge is 2.16. The number of hydrogen-bond acceptors (Lipinski definition) is 5. The predicted molar refractivity (Wildman–Crippen MR) is 83.2 cm³/mol. The van der Waals surface area contributed by atoms with Crippen LogP contribution in [0.25, 0.3) is 10.2 Å². The molecule has 0 aliphatic carbocycles. The van der Waals surface area contributed by atoms with Gasteiger partial charge in [0.2, 0.25) is 0 Å². The highest BCUT2D eigenvalue weighted by atomic mass is 32.1. The third-order valence-corrected chi connectivity index (χ3v) is 4.09. The average Bonchev–Trinajstić information content (AvgIpc) is 3.11. The van der Waals surface area contributed by atoms with E-state index in [2.05, 4.69) is 4.98 Å². The van der Waals surface area contributed by atoms with Gasteiger partial charge < -0.3 is 15.1 Å². The molecule has 1 amide bonds. The van der Waals surface area contributed by atoms with E-state index in [4.69, 9.17) is 10.2 Å². The monoisotopic (exact) mass is 301 g/mol. The molecule has 21 heavy (non-hydrogen) atoms. The molecule has 0 radical (unpaired) electrons. The van der Waals surface area contributed by atoms with E-state index < -0.39 is 0 Å².